The van der Waals surface area contributed by atoms with Crippen molar-refractivity contribution in [2.45, 2.75) is 19.4 Å². The van der Waals surface area contributed by atoms with Gasteiger partial charge >= 0.3 is 0 Å². The minimum Gasteiger partial charge on any atom is -0.451 e. The molecule has 1 atom stereocenters. The maximum Gasteiger partial charge on any atom is 0.295 e. The summed E-state index contributed by atoms with van der Waals surface area (Å²) in [4.78, 5) is 41.2. The Morgan fingerprint density at radius 1 is 1.03 bits per heavy atom. The van der Waals surface area contributed by atoms with Crippen LogP contribution in [0.2, 0.25) is 10.0 Å². The van der Waals surface area contributed by atoms with Gasteiger partial charge in [-0.25, -0.2) is 0 Å². The number of nitrogens with one attached hydrogen (secondary N) is 2. The van der Waals surface area contributed by atoms with E-state index in [1.807, 2.05) is 18.2 Å². The van der Waals surface area contributed by atoms with Gasteiger partial charge in [0.15, 0.2) is 5.76 Å². The van der Waals surface area contributed by atoms with E-state index in [2.05, 4.69) is 10.6 Å². The lowest BCUT2D eigenvalue weighted by atomic mass is 10.0. The maximum absolute atomic E-state index is 13.8. The predicted molar refractivity (Wildman–Crippen MR) is 136 cm³/mol. The van der Waals surface area contributed by atoms with Crippen molar-refractivity contribution in [3.63, 3.8) is 0 Å². The molecule has 5 rings (SSSR count). The summed E-state index contributed by atoms with van der Waals surface area (Å²) >= 11 is 12.0. The predicted octanol–water partition coefficient (Wildman–Crippen LogP) is 6.04. The van der Waals surface area contributed by atoms with Crippen molar-refractivity contribution in [1.29, 1.82) is 0 Å². The number of fused-ring (bicyclic) bond motifs is 2. The second-order valence-electron chi connectivity index (χ2n) is 8.13. The standard InChI is InChI=1S/C26H19Cl2N3O4/c1-14-16-6-2-5-9-22(16)35-24(14)26(34)31-20-8-4-3-7-19(20)30-25(33)21(31)13-23(32)29-15-10-11-17(27)18(28)12-15/h2-12,21H,13H2,1H3,(H,29,32)(H,30,33)/t21-/m1/s1. The Morgan fingerprint density at radius 2 is 1.77 bits per heavy atom. The summed E-state index contributed by atoms with van der Waals surface area (Å²) in [5.74, 6) is -1.34. The first-order valence-electron chi connectivity index (χ1n) is 10.8. The van der Waals surface area contributed by atoms with Gasteiger partial charge in [-0.1, -0.05) is 53.5 Å². The zero-order chi connectivity index (χ0) is 24.7. The van der Waals surface area contributed by atoms with Gasteiger partial charge in [-0.05, 0) is 43.3 Å². The van der Waals surface area contributed by atoms with Gasteiger partial charge in [0, 0.05) is 16.6 Å². The molecular weight excluding hydrogens is 489 g/mol. The summed E-state index contributed by atoms with van der Waals surface area (Å²) in [5.41, 5.74) is 2.60. The summed E-state index contributed by atoms with van der Waals surface area (Å²) in [6, 6.07) is 17.8. The largest absolute Gasteiger partial charge is 0.451 e. The molecule has 4 aromatic rings. The van der Waals surface area contributed by atoms with E-state index in [1.165, 1.54) is 11.0 Å². The molecule has 0 spiro atoms. The molecule has 3 aromatic carbocycles. The Hall–Kier alpha value is -3.81. The number of carbonyl (C=O) groups is 3. The van der Waals surface area contributed by atoms with E-state index in [0.717, 1.165) is 5.39 Å². The SMILES string of the molecule is Cc1c(C(=O)N2c3ccccc3NC(=O)[C@H]2CC(=O)Nc2ccc(Cl)c(Cl)c2)oc2ccccc12. The van der Waals surface area contributed by atoms with Crippen LogP contribution in [0.4, 0.5) is 17.1 Å². The zero-order valence-corrected chi connectivity index (χ0v) is 20.0. The fourth-order valence-corrected chi connectivity index (χ4v) is 4.47. The quantitative estimate of drug-likeness (QED) is 0.352. The Morgan fingerprint density at radius 3 is 2.54 bits per heavy atom. The number of aryl methyl sites for hydroxylation is 1. The van der Waals surface area contributed by atoms with Crippen LogP contribution in [0.3, 0.4) is 0 Å². The van der Waals surface area contributed by atoms with Gasteiger partial charge in [0.1, 0.15) is 11.6 Å². The third-order valence-corrected chi connectivity index (χ3v) is 6.61. The number of hydrogen-bond acceptors (Lipinski definition) is 4. The van der Waals surface area contributed by atoms with Crippen LogP contribution < -0.4 is 15.5 Å². The molecule has 0 saturated carbocycles. The third-order valence-electron chi connectivity index (χ3n) is 5.87. The van der Waals surface area contributed by atoms with E-state index >= 15 is 0 Å². The third kappa shape index (κ3) is 4.24. The molecule has 0 bridgehead atoms. The molecule has 0 saturated heterocycles. The molecule has 9 heteroatoms. The molecule has 1 aliphatic rings. The van der Waals surface area contributed by atoms with Gasteiger partial charge in [-0.2, -0.15) is 0 Å². The molecule has 3 amide bonds. The second-order valence-corrected chi connectivity index (χ2v) is 8.95. The van der Waals surface area contributed by atoms with Crippen LogP contribution in [0.15, 0.2) is 71.1 Å². The number of hydrogen-bond donors (Lipinski definition) is 2. The van der Waals surface area contributed by atoms with Crippen molar-refractivity contribution in [2.75, 3.05) is 15.5 Å². The fourth-order valence-electron chi connectivity index (χ4n) is 4.17. The Labute approximate surface area is 210 Å². The number of furan rings is 1. The number of rotatable bonds is 4. The van der Waals surface area contributed by atoms with Gasteiger partial charge in [0.2, 0.25) is 11.8 Å². The molecule has 176 valence electrons. The summed E-state index contributed by atoms with van der Waals surface area (Å²) in [5, 5.41) is 6.94. The molecule has 7 nitrogen and oxygen atoms in total. The summed E-state index contributed by atoms with van der Waals surface area (Å²) in [6.07, 6.45) is -0.286. The van der Waals surface area contributed by atoms with Crippen molar-refractivity contribution in [2.24, 2.45) is 0 Å². The van der Waals surface area contributed by atoms with Crippen molar-refractivity contribution >= 4 is 69.0 Å². The topological polar surface area (TPSA) is 91.7 Å². The number of anilines is 3. The van der Waals surface area contributed by atoms with E-state index in [-0.39, 0.29) is 17.2 Å². The smallest absolute Gasteiger partial charge is 0.295 e. The van der Waals surface area contributed by atoms with Gasteiger partial charge in [0.05, 0.1) is 27.8 Å². The Balaban J connectivity index is 1.50. The molecule has 0 unspecified atom stereocenters. The van der Waals surface area contributed by atoms with Crippen molar-refractivity contribution in [3.05, 3.63) is 88.1 Å². The highest BCUT2D eigenvalue weighted by atomic mass is 35.5. The van der Waals surface area contributed by atoms with Crippen LogP contribution in [0.1, 0.15) is 22.5 Å². The van der Waals surface area contributed by atoms with Crippen LogP contribution in [-0.4, -0.2) is 23.8 Å². The molecule has 1 aromatic heterocycles. The van der Waals surface area contributed by atoms with E-state index in [1.54, 1.807) is 49.4 Å². The number of carbonyl (C=O) groups excluding carboxylic acids is 3. The minimum absolute atomic E-state index is 0.116. The van der Waals surface area contributed by atoms with Gasteiger partial charge in [-0.3, -0.25) is 19.3 Å². The van der Waals surface area contributed by atoms with E-state index < -0.39 is 23.8 Å². The highest BCUT2D eigenvalue weighted by molar-refractivity contribution is 6.42. The lowest BCUT2D eigenvalue weighted by Gasteiger charge is -2.35. The van der Waals surface area contributed by atoms with Gasteiger partial charge in [-0.15, -0.1) is 0 Å². The van der Waals surface area contributed by atoms with Gasteiger partial charge < -0.3 is 15.1 Å². The van der Waals surface area contributed by atoms with E-state index in [9.17, 15) is 14.4 Å². The van der Waals surface area contributed by atoms with Crippen molar-refractivity contribution < 1.29 is 18.8 Å². The summed E-state index contributed by atoms with van der Waals surface area (Å²) in [6.45, 7) is 1.79. The lowest BCUT2D eigenvalue weighted by Crippen LogP contribution is -2.52. The normalized spacial score (nSPS) is 15.0. The van der Waals surface area contributed by atoms with E-state index in [0.29, 0.717) is 33.2 Å². The highest BCUT2D eigenvalue weighted by Crippen LogP contribution is 2.36. The number of nitrogens with zero attached hydrogens (tertiary/aromatic N) is 1. The number of halogens is 2. The monoisotopic (exact) mass is 507 g/mol. The summed E-state index contributed by atoms with van der Waals surface area (Å²) in [7, 11) is 0. The minimum atomic E-state index is -1.10. The van der Waals surface area contributed by atoms with Crippen LogP contribution in [0.25, 0.3) is 11.0 Å². The number of amides is 3. The van der Waals surface area contributed by atoms with Crippen LogP contribution >= 0.6 is 23.2 Å². The van der Waals surface area contributed by atoms with Crippen molar-refractivity contribution in [3.8, 4) is 0 Å². The maximum atomic E-state index is 13.8. The van der Waals surface area contributed by atoms with E-state index in [4.69, 9.17) is 27.6 Å². The van der Waals surface area contributed by atoms with Gasteiger partial charge in [0.25, 0.3) is 5.91 Å². The molecule has 2 N–H and O–H groups in total. The second kappa shape index (κ2) is 9.09. The van der Waals surface area contributed by atoms with Crippen molar-refractivity contribution in [1.82, 2.24) is 0 Å². The first kappa shape index (κ1) is 23.0. The molecule has 0 fully saturated rings. The average molecular weight is 508 g/mol. The molecule has 0 aliphatic carbocycles. The first-order chi connectivity index (χ1) is 16.8. The molecular formula is C26H19Cl2N3O4. The molecule has 1 aliphatic heterocycles. The molecule has 0 radical (unpaired) electrons. The Bertz CT molecular complexity index is 1500. The first-order valence-corrected chi connectivity index (χ1v) is 11.6. The number of para-hydroxylation sites is 3. The molecule has 35 heavy (non-hydrogen) atoms. The van der Waals surface area contributed by atoms with Crippen LogP contribution in [0, 0.1) is 6.92 Å². The molecule has 2 heterocycles. The fraction of sp³-hybridized carbons (Fsp3) is 0.115. The number of benzene rings is 3. The average Bonchev–Trinajstić information content (AvgIpc) is 3.18. The van der Waals surface area contributed by atoms with Crippen LogP contribution in [0.5, 0.6) is 0 Å². The summed E-state index contributed by atoms with van der Waals surface area (Å²) < 4.78 is 5.89. The zero-order valence-electron chi connectivity index (χ0n) is 18.5. The lowest BCUT2D eigenvalue weighted by molar-refractivity contribution is -0.122. The van der Waals surface area contributed by atoms with Crippen LogP contribution in [-0.2, 0) is 9.59 Å². The highest BCUT2D eigenvalue weighted by Gasteiger charge is 2.40. The Kier molecular flexibility index (Phi) is 5.96.